The van der Waals surface area contributed by atoms with Crippen LogP contribution < -0.4 is 5.32 Å². The molecule has 0 amide bonds. The summed E-state index contributed by atoms with van der Waals surface area (Å²) in [4.78, 5) is 11.1. The second-order valence-electron chi connectivity index (χ2n) is 3.26. The van der Waals surface area contributed by atoms with Crippen LogP contribution >= 0.6 is 11.6 Å². The van der Waals surface area contributed by atoms with E-state index in [9.17, 15) is 4.79 Å². The molecule has 1 N–H and O–H groups in total. The summed E-state index contributed by atoms with van der Waals surface area (Å²) in [5, 5.41) is 12.3. The van der Waals surface area contributed by atoms with Gasteiger partial charge in [0.05, 0.1) is 29.3 Å². The summed E-state index contributed by atoms with van der Waals surface area (Å²) in [6.07, 6.45) is 0.255. The summed E-state index contributed by atoms with van der Waals surface area (Å²) >= 11 is 5.87. The number of nitrogens with zero attached hydrogens (tertiary/aromatic N) is 1. The van der Waals surface area contributed by atoms with E-state index in [2.05, 4.69) is 5.32 Å². The monoisotopic (exact) mass is 252 g/mol. The average molecular weight is 253 g/mol. The van der Waals surface area contributed by atoms with Crippen LogP contribution in [0.2, 0.25) is 5.02 Å². The van der Waals surface area contributed by atoms with Gasteiger partial charge in [-0.15, -0.1) is 0 Å². The van der Waals surface area contributed by atoms with Crippen LogP contribution in [0, 0.1) is 11.3 Å². The maximum atomic E-state index is 11.1. The van der Waals surface area contributed by atoms with Gasteiger partial charge >= 0.3 is 5.97 Å². The molecule has 0 atom stereocenters. The van der Waals surface area contributed by atoms with Gasteiger partial charge in [-0.3, -0.25) is 4.79 Å². The van der Waals surface area contributed by atoms with Gasteiger partial charge in [-0.25, -0.2) is 0 Å². The van der Waals surface area contributed by atoms with Crippen molar-refractivity contribution in [2.24, 2.45) is 0 Å². The summed E-state index contributed by atoms with van der Waals surface area (Å²) < 4.78 is 4.79. The highest BCUT2D eigenvalue weighted by Crippen LogP contribution is 2.22. The molecule has 17 heavy (non-hydrogen) atoms. The van der Waals surface area contributed by atoms with Gasteiger partial charge in [0.15, 0.2) is 0 Å². The normalized spacial score (nSPS) is 9.47. The van der Waals surface area contributed by atoms with Crippen molar-refractivity contribution in [1.82, 2.24) is 0 Å². The zero-order valence-electron chi connectivity index (χ0n) is 9.50. The van der Waals surface area contributed by atoms with Crippen molar-refractivity contribution in [1.29, 1.82) is 5.26 Å². The van der Waals surface area contributed by atoms with Crippen molar-refractivity contribution in [3.8, 4) is 6.07 Å². The maximum absolute atomic E-state index is 11.1. The van der Waals surface area contributed by atoms with Crippen LogP contribution in [0.1, 0.15) is 18.9 Å². The number of hydrogen-bond donors (Lipinski definition) is 1. The topological polar surface area (TPSA) is 62.1 Å². The molecule has 1 rings (SSSR count). The van der Waals surface area contributed by atoms with Crippen LogP contribution in [0.25, 0.3) is 0 Å². The van der Waals surface area contributed by atoms with Gasteiger partial charge in [0, 0.05) is 6.54 Å². The Morgan fingerprint density at radius 3 is 3.00 bits per heavy atom. The van der Waals surface area contributed by atoms with Gasteiger partial charge in [0.1, 0.15) is 6.07 Å². The second-order valence-corrected chi connectivity index (χ2v) is 3.66. The van der Waals surface area contributed by atoms with Crippen LogP contribution in [-0.2, 0) is 9.53 Å². The van der Waals surface area contributed by atoms with Crippen LogP contribution in [0.15, 0.2) is 18.2 Å². The SMILES string of the molecule is CCOC(=O)CCNc1cccc(Cl)c1C#N. The largest absolute Gasteiger partial charge is 0.466 e. The third kappa shape index (κ3) is 3.97. The molecule has 0 aliphatic carbocycles. The highest BCUT2D eigenvalue weighted by molar-refractivity contribution is 6.32. The molecule has 0 fully saturated rings. The number of carbonyl (C=O) groups is 1. The van der Waals surface area contributed by atoms with Gasteiger partial charge in [-0.2, -0.15) is 5.26 Å². The van der Waals surface area contributed by atoms with E-state index in [1.54, 1.807) is 25.1 Å². The van der Waals surface area contributed by atoms with Crippen LogP contribution in [0.4, 0.5) is 5.69 Å². The summed E-state index contributed by atoms with van der Waals surface area (Å²) in [6, 6.07) is 7.16. The molecule has 0 aliphatic rings. The Labute approximate surface area is 105 Å². The number of carbonyl (C=O) groups excluding carboxylic acids is 1. The maximum Gasteiger partial charge on any atom is 0.307 e. The van der Waals surface area contributed by atoms with Crippen LogP contribution in [0.5, 0.6) is 0 Å². The lowest BCUT2D eigenvalue weighted by molar-refractivity contribution is -0.142. The Hall–Kier alpha value is -1.73. The van der Waals surface area contributed by atoms with Gasteiger partial charge in [0.25, 0.3) is 0 Å². The van der Waals surface area contributed by atoms with Crippen molar-refractivity contribution in [2.75, 3.05) is 18.5 Å². The number of anilines is 1. The second kappa shape index (κ2) is 6.77. The molecule has 4 nitrogen and oxygen atoms in total. The summed E-state index contributed by atoms with van der Waals surface area (Å²) in [6.45, 7) is 2.55. The standard InChI is InChI=1S/C12H13ClN2O2/c1-2-17-12(16)6-7-15-11-5-3-4-10(13)9(11)8-14/h3-5,15H,2,6-7H2,1H3. The first-order chi connectivity index (χ1) is 8.19. The Morgan fingerprint density at radius 2 is 2.35 bits per heavy atom. The summed E-state index contributed by atoms with van der Waals surface area (Å²) in [5.41, 5.74) is 1.02. The molecule has 1 aromatic carbocycles. The molecule has 0 aliphatic heterocycles. The molecule has 0 spiro atoms. The molecule has 90 valence electrons. The number of nitriles is 1. The minimum absolute atomic E-state index is 0.255. The van der Waals surface area contributed by atoms with E-state index in [4.69, 9.17) is 21.6 Å². The first-order valence-electron chi connectivity index (χ1n) is 5.27. The molecule has 5 heteroatoms. The number of rotatable bonds is 5. The summed E-state index contributed by atoms with van der Waals surface area (Å²) in [7, 11) is 0. The Bertz CT molecular complexity index is 441. The van der Waals surface area contributed by atoms with E-state index >= 15 is 0 Å². The zero-order valence-corrected chi connectivity index (χ0v) is 10.3. The highest BCUT2D eigenvalue weighted by Gasteiger charge is 2.06. The van der Waals surface area contributed by atoms with E-state index in [0.717, 1.165) is 0 Å². The molecule has 0 saturated heterocycles. The first-order valence-corrected chi connectivity index (χ1v) is 5.65. The van der Waals surface area contributed by atoms with Gasteiger partial charge in [-0.05, 0) is 19.1 Å². The van der Waals surface area contributed by atoms with E-state index < -0.39 is 0 Å². The third-order valence-corrected chi connectivity index (χ3v) is 2.39. The lowest BCUT2D eigenvalue weighted by Crippen LogP contribution is -2.11. The quantitative estimate of drug-likeness (QED) is 0.818. The molecule has 0 heterocycles. The van der Waals surface area contributed by atoms with Gasteiger partial charge < -0.3 is 10.1 Å². The number of nitrogens with one attached hydrogen (secondary N) is 1. The number of esters is 1. The van der Waals surface area contributed by atoms with Crippen molar-refractivity contribution in [3.05, 3.63) is 28.8 Å². The molecule has 0 radical (unpaired) electrons. The van der Waals surface area contributed by atoms with Gasteiger partial charge in [0.2, 0.25) is 0 Å². The molecule has 0 bridgehead atoms. The Balaban J connectivity index is 2.56. The number of benzene rings is 1. The van der Waals surface area contributed by atoms with Crippen molar-refractivity contribution >= 4 is 23.3 Å². The fraction of sp³-hybridized carbons (Fsp3) is 0.333. The van der Waals surface area contributed by atoms with E-state index in [1.807, 2.05) is 6.07 Å². The lowest BCUT2D eigenvalue weighted by Gasteiger charge is -2.08. The predicted molar refractivity (Wildman–Crippen MR) is 65.9 cm³/mol. The Kier molecular flexibility index (Phi) is 5.31. The van der Waals surface area contributed by atoms with E-state index in [-0.39, 0.29) is 12.4 Å². The Morgan fingerprint density at radius 1 is 1.59 bits per heavy atom. The van der Waals surface area contributed by atoms with Crippen LogP contribution in [0.3, 0.4) is 0 Å². The highest BCUT2D eigenvalue weighted by atomic mass is 35.5. The van der Waals surface area contributed by atoms with Gasteiger partial charge in [-0.1, -0.05) is 17.7 Å². The van der Waals surface area contributed by atoms with E-state index in [0.29, 0.717) is 29.4 Å². The average Bonchev–Trinajstić information content (AvgIpc) is 2.29. The predicted octanol–water partition coefficient (Wildman–Crippen LogP) is 2.58. The summed E-state index contributed by atoms with van der Waals surface area (Å²) in [5.74, 6) is -0.263. The molecule has 0 saturated carbocycles. The fourth-order valence-corrected chi connectivity index (χ4v) is 1.53. The van der Waals surface area contributed by atoms with E-state index in [1.165, 1.54) is 0 Å². The number of ether oxygens (including phenoxy) is 1. The fourth-order valence-electron chi connectivity index (χ4n) is 1.32. The molecule has 0 aromatic heterocycles. The minimum Gasteiger partial charge on any atom is -0.466 e. The molecular weight excluding hydrogens is 240 g/mol. The first kappa shape index (κ1) is 13.3. The lowest BCUT2D eigenvalue weighted by atomic mass is 10.2. The third-order valence-electron chi connectivity index (χ3n) is 2.08. The van der Waals surface area contributed by atoms with Crippen molar-refractivity contribution < 1.29 is 9.53 Å². The molecular formula is C12H13ClN2O2. The van der Waals surface area contributed by atoms with Crippen molar-refractivity contribution in [3.63, 3.8) is 0 Å². The van der Waals surface area contributed by atoms with Crippen LogP contribution in [-0.4, -0.2) is 19.1 Å². The molecule has 0 unspecified atom stereocenters. The number of hydrogen-bond acceptors (Lipinski definition) is 4. The zero-order chi connectivity index (χ0) is 12.7. The number of halogens is 1. The van der Waals surface area contributed by atoms with Crippen molar-refractivity contribution in [2.45, 2.75) is 13.3 Å². The minimum atomic E-state index is -0.263. The molecule has 1 aromatic rings. The smallest absolute Gasteiger partial charge is 0.307 e.